The van der Waals surface area contributed by atoms with Gasteiger partial charge in [0, 0.05) is 40.3 Å². The minimum absolute atomic E-state index is 0.00715. The fourth-order valence-electron chi connectivity index (χ4n) is 5.49. The number of aryl methyl sites for hydroxylation is 1. The van der Waals surface area contributed by atoms with Gasteiger partial charge in [-0.05, 0) is 44.9 Å². The van der Waals surface area contributed by atoms with Gasteiger partial charge < -0.3 is 4.57 Å². The standard InChI is InChI=1S/C27H28N2O2/c1-17-14-19(18(2)29(17)21-8-4-3-5-9-21)16-28-20-12-13-24-25(15-20)27(31)23-11-7-6-10-22(23)26(24)30/h6-7,10-16,21,24-25H,3-5,8-9H2,1-2H3/t24-,25+/m1/s1. The van der Waals surface area contributed by atoms with E-state index in [0.717, 1.165) is 11.3 Å². The molecule has 1 aromatic carbocycles. The van der Waals surface area contributed by atoms with Crippen molar-refractivity contribution in [3.8, 4) is 0 Å². The van der Waals surface area contributed by atoms with Gasteiger partial charge in [0.25, 0.3) is 0 Å². The molecule has 5 rings (SSSR count). The minimum Gasteiger partial charge on any atom is -0.345 e. The first kappa shape index (κ1) is 19.9. The van der Waals surface area contributed by atoms with E-state index in [-0.39, 0.29) is 11.6 Å². The van der Waals surface area contributed by atoms with E-state index in [2.05, 4.69) is 24.5 Å². The summed E-state index contributed by atoms with van der Waals surface area (Å²) in [6.45, 7) is 4.34. The van der Waals surface area contributed by atoms with E-state index in [1.165, 1.54) is 43.5 Å². The van der Waals surface area contributed by atoms with Gasteiger partial charge in [-0.2, -0.15) is 0 Å². The van der Waals surface area contributed by atoms with Crippen molar-refractivity contribution in [1.82, 2.24) is 4.57 Å². The predicted octanol–water partition coefficient (Wildman–Crippen LogP) is 5.79. The molecule has 0 amide bonds. The van der Waals surface area contributed by atoms with Gasteiger partial charge in [-0.1, -0.05) is 49.6 Å². The van der Waals surface area contributed by atoms with E-state index in [9.17, 15) is 9.59 Å². The van der Waals surface area contributed by atoms with Crippen molar-refractivity contribution < 1.29 is 9.59 Å². The lowest BCUT2D eigenvalue weighted by Crippen LogP contribution is -2.35. The maximum Gasteiger partial charge on any atom is 0.171 e. The quantitative estimate of drug-likeness (QED) is 0.599. The summed E-state index contributed by atoms with van der Waals surface area (Å²) in [6.07, 6.45) is 13.9. The van der Waals surface area contributed by atoms with Crippen molar-refractivity contribution in [2.75, 3.05) is 0 Å². The molecule has 31 heavy (non-hydrogen) atoms. The molecule has 4 heteroatoms. The largest absolute Gasteiger partial charge is 0.345 e. The summed E-state index contributed by atoms with van der Waals surface area (Å²) >= 11 is 0. The van der Waals surface area contributed by atoms with Crippen LogP contribution >= 0.6 is 0 Å². The van der Waals surface area contributed by atoms with Crippen molar-refractivity contribution in [2.24, 2.45) is 16.8 Å². The van der Waals surface area contributed by atoms with E-state index in [0.29, 0.717) is 17.2 Å². The lowest BCUT2D eigenvalue weighted by atomic mass is 9.72. The molecule has 0 N–H and O–H groups in total. The summed E-state index contributed by atoms with van der Waals surface area (Å²) in [5.74, 6) is -0.855. The number of ketones is 2. The Morgan fingerprint density at radius 2 is 1.65 bits per heavy atom. The molecule has 0 unspecified atom stereocenters. The number of Topliss-reactive ketones (excluding diaryl/α,β-unsaturated/α-hetero) is 2. The van der Waals surface area contributed by atoms with Crippen molar-refractivity contribution in [3.05, 3.63) is 82.3 Å². The topological polar surface area (TPSA) is 51.4 Å². The Morgan fingerprint density at radius 1 is 0.968 bits per heavy atom. The molecule has 3 aliphatic carbocycles. The van der Waals surface area contributed by atoms with Crippen LogP contribution in [0.2, 0.25) is 0 Å². The van der Waals surface area contributed by atoms with Gasteiger partial charge >= 0.3 is 0 Å². The third-order valence-electron chi connectivity index (χ3n) is 7.09. The number of nitrogens with zero attached hydrogens (tertiary/aromatic N) is 2. The zero-order valence-corrected chi connectivity index (χ0v) is 18.2. The highest BCUT2D eigenvalue weighted by Crippen LogP contribution is 2.36. The van der Waals surface area contributed by atoms with E-state index in [4.69, 9.17) is 4.99 Å². The SMILES string of the molecule is Cc1cc(C=NC2=C[C@@H]3C(=O)c4ccccc4C(=O)[C@@H]3C=C2)c(C)n1C1CCCCC1. The molecular formula is C27H28N2O2. The van der Waals surface area contributed by atoms with Crippen LogP contribution in [0.3, 0.4) is 0 Å². The Kier molecular flexibility index (Phi) is 5.09. The molecule has 1 fully saturated rings. The van der Waals surface area contributed by atoms with Gasteiger partial charge in [-0.25, -0.2) is 0 Å². The first-order valence-corrected chi connectivity index (χ1v) is 11.3. The number of fused-ring (bicyclic) bond motifs is 2. The second kappa shape index (κ2) is 7.92. The lowest BCUT2D eigenvalue weighted by molar-refractivity contribution is 0.0801. The molecule has 1 aromatic heterocycles. The van der Waals surface area contributed by atoms with Gasteiger partial charge in [0.05, 0.1) is 17.5 Å². The Hall–Kier alpha value is -3.01. The number of hydrogen-bond donors (Lipinski definition) is 0. The molecule has 0 radical (unpaired) electrons. The Labute approximate surface area is 183 Å². The third-order valence-corrected chi connectivity index (χ3v) is 7.09. The van der Waals surface area contributed by atoms with Crippen LogP contribution in [0.15, 0.2) is 59.2 Å². The van der Waals surface area contributed by atoms with Crippen LogP contribution in [0, 0.1) is 25.7 Å². The highest BCUT2D eigenvalue weighted by molar-refractivity contribution is 6.17. The van der Waals surface area contributed by atoms with Gasteiger partial charge in [-0.15, -0.1) is 0 Å². The number of rotatable bonds is 3. The number of carbonyl (C=O) groups is 2. The third kappa shape index (κ3) is 3.44. The number of benzene rings is 1. The number of carbonyl (C=O) groups excluding carboxylic acids is 2. The zero-order valence-electron chi connectivity index (χ0n) is 18.2. The van der Waals surface area contributed by atoms with Crippen molar-refractivity contribution in [2.45, 2.75) is 52.0 Å². The van der Waals surface area contributed by atoms with E-state index < -0.39 is 11.8 Å². The van der Waals surface area contributed by atoms with Crippen LogP contribution in [0.5, 0.6) is 0 Å². The van der Waals surface area contributed by atoms with Gasteiger partial charge in [0.2, 0.25) is 0 Å². The molecule has 158 valence electrons. The second-order valence-corrected chi connectivity index (χ2v) is 9.02. The van der Waals surface area contributed by atoms with E-state index in [1.54, 1.807) is 12.1 Å². The smallest absolute Gasteiger partial charge is 0.171 e. The summed E-state index contributed by atoms with van der Waals surface area (Å²) in [7, 11) is 0. The predicted molar refractivity (Wildman–Crippen MR) is 123 cm³/mol. The number of hydrogen-bond acceptors (Lipinski definition) is 3. The second-order valence-electron chi connectivity index (χ2n) is 9.02. The summed E-state index contributed by atoms with van der Waals surface area (Å²) < 4.78 is 2.47. The summed E-state index contributed by atoms with van der Waals surface area (Å²) in [4.78, 5) is 30.5. The fourth-order valence-corrected chi connectivity index (χ4v) is 5.49. The molecular weight excluding hydrogens is 384 g/mol. The van der Waals surface area contributed by atoms with E-state index in [1.807, 2.05) is 36.6 Å². The van der Waals surface area contributed by atoms with Crippen LogP contribution in [-0.4, -0.2) is 22.3 Å². The molecule has 0 spiro atoms. The summed E-state index contributed by atoms with van der Waals surface area (Å²) in [5, 5.41) is 0. The average molecular weight is 413 g/mol. The van der Waals surface area contributed by atoms with Crippen LogP contribution in [-0.2, 0) is 0 Å². The van der Waals surface area contributed by atoms with Crippen LogP contribution in [0.4, 0.5) is 0 Å². The Bertz CT molecular complexity index is 1140. The molecule has 0 bridgehead atoms. The molecule has 0 aliphatic heterocycles. The maximum atomic E-state index is 13.0. The van der Waals surface area contributed by atoms with Crippen molar-refractivity contribution >= 4 is 17.8 Å². The Morgan fingerprint density at radius 3 is 2.35 bits per heavy atom. The maximum absolute atomic E-state index is 13.0. The molecule has 2 aromatic rings. The summed E-state index contributed by atoms with van der Waals surface area (Å²) in [5.41, 5.74) is 5.46. The molecule has 2 atom stereocenters. The van der Waals surface area contributed by atoms with Crippen LogP contribution < -0.4 is 0 Å². The lowest BCUT2D eigenvalue weighted by Gasteiger charge is -2.29. The monoisotopic (exact) mass is 412 g/mol. The number of aliphatic imine (C=N–C) groups is 1. The Balaban J connectivity index is 1.41. The van der Waals surface area contributed by atoms with E-state index >= 15 is 0 Å². The molecule has 1 saturated carbocycles. The van der Waals surface area contributed by atoms with Crippen LogP contribution in [0.25, 0.3) is 0 Å². The first-order valence-electron chi connectivity index (χ1n) is 11.3. The number of allylic oxidation sites excluding steroid dienone is 3. The molecule has 0 saturated heterocycles. The molecule has 1 heterocycles. The molecule has 4 nitrogen and oxygen atoms in total. The highest BCUT2D eigenvalue weighted by atomic mass is 16.1. The molecule has 3 aliphatic rings. The normalized spacial score (nSPS) is 23.7. The van der Waals surface area contributed by atoms with Gasteiger partial charge in [-0.3, -0.25) is 14.6 Å². The summed E-state index contributed by atoms with van der Waals surface area (Å²) in [6, 6.07) is 9.92. The van der Waals surface area contributed by atoms with Gasteiger partial charge in [0.15, 0.2) is 11.6 Å². The highest BCUT2D eigenvalue weighted by Gasteiger charge is 2.40. The van der Waals surface area contributed by atoms with Crippen molar-refractivity contribution in [3.63, 3.8) is 0 Å². The number of aromatic nitrogens is 1. The average Bonchev–Trinajstić information content (AvgIpc) is 3.09. The van der Waals surface area contributed by atoms with Crippen molar-refractivity contribution in [1.29, 1.82) is 0 Å². The fraction of sp³-hybridized carbons (Fsp3) is 0.370. The van der Waals surface area contributed by atoms with Crippen LogP contribution in [0.1, 0.15) is 75.8 Å². The van der Waals surface area contributed by atoms with Gasteiger partial charge in [0.1, 0.15) is 0 Å². The zero-order chi connectivity index (χ0) is 21.5. The first-order chi connectivity index (χ1) is 15.0. The minimum atomic E-state index is -0.464.